The summed E-state index contributed by atoms with van der Waals surface area (Å²) in [6, 6.07) is 0.694. The van der Waals surface area contributed by atoms with E-state index in [9.17, 15) is 0 Å². The van der Waals surface area contributed by atoms with Gasteiger partial charge in [-0.1, -0.05) is 6.92 Å². The number of imidazole rings is 1. The molecular weight excluding hydrogens is 140 g/mol. The fraction of sp³-hybridized carbons (Fsp3) is 0.625. The molecule has 0 amide bonds. The average molecular weight is 154 g/mol. The molecule has 0 bridgehead atoms. The molecule has 0 atom stereocenters. The Morgan fingerprint density at radius 3 is 2.45 bits per heavy atom. The zero-order valence-corrected chi connectivity index (χ0v) is 7.51. The number of hydrogen-bond acceptors (Lipinski definition) is 2. The number of methoxy groups -OCH3 is 1. The zero-order chi connectivity index (χ0) is 8.43. The lowest BCUT2D eigenvalue weighted by Crippen LogP contribution is -1.95. The molecular formula is C8H14N2O. The third kappa shape index (κ3) is 1.23. The van der Waals surface area contributed by atoms with Crippen LogP contribution in [0.3, 0.4) is 0 Å². The van der Waals surface area contributed by atoms with E-state index in [1.54, 1.807) is 7.11 Å². The minimum absolute atomic E-state index is 0.694. The van der Waals surface area contributed by atoms with Gasteiger partial charge < -0.3 is 9.30 Å². The fourth-order valence-electron chi connectivity index (χ4n) is 1.13. The van der Waals surface area contributed by atoms with Gasteiger partial charge in [0.2, 0.25) is 0 Å². The molecule has 0 aliphatic rings. The molecule has 11 heavy (non-hydrogen) atoms. The predicted octanol–water partition coefficient (Wildman–Crippen LogP) is 1.30. The van der Waals surface area contributed by atoms with Crippen LogP contribution in [0.5, 0.6) is 6.01 Å². The van der Waals surface area contributed by atoms with Crippen molar-refractivity contribution in [2.45, 2.75) is 20.3 Å². The van der Waals surface area contributed by atoms with Crippen molar-refractivity contribution in [1.29, 1.82) is 0 Å². The molecule has 0 aliphatic carbocycles. The van der Waals surface area contributed by atoms with Crippen molar-refractivity contribution >= 4 is 0 Å². The lowest BCUT2D eigenvalue weighted by atomic mass is 10.3. The molecule has 62 valence electrons. The second kappa shape index (κ2) is 2.95. The highest BCUT2D eigenvalue weighted by molar-refractivity contribution is 5.18. The quantitative estimate of drug-likeness (QED) is 0.642. The van der Waals surface area contributed by atoms with Crippen LogP contribution in [-0.4, -0.2) is 16.7 Å². The van der Waals surface area contributed by atoms with Crippen molar-refractivity contribution in [1.82, 2.24) is 9.55 Å². The van der Waals surface area contributed by atoms with Gasteiger partial charge in [0.25, 0.3) is 6.01 Å². The van der Waals surface area contributed by atoms with Gasteiger partial charge in [0.05, 0.1) is 12.8 Å². The van der Waals surface area contributed by atoms with E-state index in [1.807, 2.05) is 18.5 Å². The highest BCUT2D eigenvalue weighted by atomic mass is 16.5. The highest BCUT2D eigenvalue weighted by Gasteiger charge is 2.08. The van der Waals surface area contributed by atoms with Crippen LogP contribution in [0.4, 0.5) is 0 Å². The zero-order valence-electron chi connectivity index (χ0n) is 7.51. The molecule has 0 aromatic carbocycles. The number of hydrogen-bond donors (Lipinski definition) is 0. The van der Waals surface area contributed by atoms with Crippen molar-refractivity contribution in [3.05, 3.63) is 11.4 Å². The maximum absolute atomic E-state index is 5.06. The Morgan fingerprint density at radius 1 is 1.55 bits per heavy atom. The summed E-state index contributed by atoms with van der Waals surface area (Å²) in [5.41, 5.74) is 2.30. The summed E-state index contributed by atoms with van der Waals surface area (Å²) in [5.74, 6) is 0. The summed E-state index contributed by atoms with van der Waals surface area (Å²) < 4.78 is 7.02. The van der Waals surface area contributed by atoms with E-state index in [0.717, 1.165) is 12.1 Å². The van der Waals surface area contributed by atoms with Gasteiger partial charge in [-0.05, 0) is 13.3 Å². The van der Waals surface area contributed by atoms with E-state index in [-0.39, 0.29) is 0 Å². The Labute approximate surface area is 67.0 Å². The molecule has 0 aliphatic heterocycles. The molecule has 0 saturated heterocycles. The molecule has 3 nitrogen and oxygen atoms in total. The summed E-state index contributed by atoms with van der Waals surface area (Å²) in [5, 5.41) is 0. The predicted molar refractivity (Wildman–Crippen MR) is 43.9 cm³/mol. The summed E-state index contributed by atoms with van der Waals surface area (Å²) in [4.78, 5) is 4.29. The molecule has 1 aromatic heterocycles. The second-order valence-electron chi connectivity index (χ2n) is 2.54. The van der Waals surface area contributed by atoms with Gasteiger partial charge in [-0.2, -0.15) is 0 Å². The SMILES string of the molecule is CCc1nc(OC)n(C)c1C. The van der Waals surface area contributed by atoms with Gasteiger partial charge in [-0.25, -0.2) is 4.98 Å². The van der Waals surface area contributed by atoms with Gasteiger partial charge in [0.15, 0.2) is 0 Å². The smallest absolute Gasteiger partial charge is 0.296 e. The molecule has 0 radical (unpaired) electrons. The topological polar surface area (TPSA) is 27.1 Å². The maximum atomic E-state index is 5.06. The monoisotopic (exact) mass is 154 g/mol. The third-order valence-electron chi connectivity index (χ3n) is 1.96. The number of aryl methyl sites for hydroxylation is 1. The lowest BCUT2D eigenvalue weighted by Gasteiger charge is -1.98. The van der Waals surface area contributed by atoms with Crippen LogP contribution in [0.15, 0.2) is 0 Å². The van der Waals surface area contributed by atoms with Gasteiger partial charge in [-0.3, -0.25) is 0 Å². The van der Waals surface area contributed by atoms with E-state index in [4.69, 9.17) is 4.74 Å². The van der Waals surface area contributed by atoms with Gasteiger partial charge in [0, 0.05) is 12.7 Å². The summed E-state index contributed by atoms with van der Waals surface area (Å²) in [7, 11) is 3.60. The fourth-order valence-corrected chi connectivity index (χ4v) is 1.13. The van der Waals surface area contributed by atoms with E-state index in [2.05, 4.69) is 11.9 Å². The van der Waals surface area contributed by atoms with E-state index in [0.29, 0.717) is 6.01 Å². The van der Waals surface area contributed by atoms with Crippen LogP contribution < -0.4 is 4.74 Å². The summed E-state index contributed by atoms with van der Waals surface area (Å²) >= 11 is 0. The molecule has 1 aromatic rings. The lowest BCUT2D eigenvalue weighted by molar-refractivity contribution is 0.365. The van der Waals surface area contributed by atoms with Crippen LogP contribution in [0.25, 0.3) is 0 Å². The molecule has 0 N–H and O–H groups in total. The summed E-state index contributed by atoms with van der Waals surface area (Å²) in [6.07, 6.45) is 0.961. The van der Waals surface area contributed by atoms with Crippen LogP contribution in [0.1, 0.15) is 18.3 Å². The van der Waals surface area contributed by atoms with Crippen molar-refractivity contribution in [2.75, 3.05) is 7.11 Å². The molecule has 0 fully saturated rings. The minimum atomic E-state index is 0.694. The normalized spacial score (nSPS) is 10.2. The molecule has 0 unspecified atom stereocenters. The Kier molecular flexibility index (Phi) is 2.17. The van der Waals surface area contributed by atoms with Crippen LogP contribution in [0.2, 0.25) is 0 Å². The molecule has 1 rings (SSSR count). The van der Waals surface area contributed by atoms with Crippen molar-refractivity contribution in [3.63, 3.8) is 0 Å². The van der Waals surface area contributed by atoms with Crippen molar-refractivity contribution in [3.8, 4) is 6.01 Å². The first-order chi connectivity index (χ1) is 5.20. The standard InChI is InChI=1S/C8H14N2O/c1-5-7-6(2)10(3)8(9-7)11-4/h5H2,1-4H3. The Balaban J connectivity index is 3.12. The second-order valence-corrected chi connectivity index (χ2v) is 2.54. The largest absolute Gasteiger partial charge is 0.468 e. The van der Waals surface area contributed by atoms with Gasteiger partial charge in [0.1, 0.15) is 0 Å². The highest BCUT2D eigenvalue weighted by Crippen LogP contribution is 2.14. The van der Waals surface area contributed by atoms with E-state index in [1.165, 1.54) is 5.69 Å². The molecule has 1 heterocycles. The van der Waals surface area contributed by atoms with Crippen LogP contribution >= 0.6 is 0 Å². The van der Waals surface area contributed by atoms with Crippen molar-refractivity contribution < 1.29 is 4.74 Å². The molecule has 0 saturated carbocycles. The number of rotatable bonds is 2. The van der Waals surface area contributed by atoms with Crippen LogP contribution in [0, 0.1) is 6.92 Å². The Hall–Kier alpha value is -0.990. The Morgan fingerprint density at radius 2 is 2.18 bits per heavy atom. The van der Waals surface area contributed by atoms with Gasteiger partial charge in [-0.15, -0.1) is 0 Å². The first-order valence-corrected chi connectivity index (χ1v) is 3.76. The van der Waals surface area contributed by atoms with Gasteiger partial charge >= 0.3 is 0 Å². The third-order valence-corrected chi connectivity index (χ3v) is 1.96. The summed E-state index contributed by atoms with van der Waals surface area (Å²) in [6.45, 7) is 4.14. The molecule has 0 spiro atoms. The van der Waals surface area contributed by atoms with E-state index < -0.39 is 0 Å². The van der Waals surface area contributed by atoms with Crippen LogP contribution in [-0.2, 0) is 13.5 Å². The first-order valence-electron chi connectivity index (χ1n) is 3.76. The Bertz CT molecular complexity index is 228. The minimum Gasteiger partial charge on any atom is -0.468 e. The van der Waals surface area contributed by atoms with E-state index >= 15 is 0 Å². The molecule has 3 heteroatoms. The first kappa shape index (κ1) is 8.11. The van der Waals surface area contributed by atoms with Crippen molar-refractivity contribution in [2.24, 2.45) is 7.05 Å². The number of nitrogens with zero attached hydrogens (tertiary/aromatic N) is 2. The number of aromatic nitrogens is 2. The average Bonchev–Trinajstić information content (AvgIpc) is 2.30. The number of ether oxygens (including phenoxy) is 1. The maximum Gasteiger partial charge on any atom is 0.296 e.